The van der Waals surface area contributed by atoms with Crippen molar-refractivity contribution in [2.24, 2.45) is 0 Å². The summed E-state index contributed by atoms with van der Waals surface area (Å²) in [7, 11) is 3.44. The maximum Gasteiger partial charge on any atom is 0.0715 e. The van der Waals surface area contributed by atoms with Crippen molar-refractivity contribution >= 4 is 15.4 Å². The van der Waals surface area contributed by atoms with Crippen LogP contribution in [0.15, 0.2) is 24.3 Å². The minimum atomic E-state index is 1.17. The normalized spacial score (nSPS) is 9.25. The quantitative estimate of drug-likeness (QED) is 0.443. The van der Waals surface area contributed by atoms with Crippen LogP contribution in [0, 0.1) is 6.92 Å². The number of benzene rings is 1. The first-order valence-corrected chi connectivity index (χ1v) is 3.08. The average molecular weight is 119 g/mol. The summed E-state index contributed by atoms with van der Waals surface area (Å²) in [6, 6.07) is 8.14. The van der Waals surface area contributed by atoms with Crippen LogP contribution in [0.25, 0.3) is 0 Å². The van der Waals surface area contributed by atoms with Crippen LogP contribution in [-0.4, -0.2) is 10.2 Å². The van der Waals surface area contributed by atoms with Crippen LogP contribution in [0.3, 0.4) is 0 Å². The van der Waals surface area contributed by atoms with E-state index in [1.54, 1.807) is 0 Å². The summed E-state index contributed by atoms with van der Waals surface area (Å²) in [4.78, 5) is 0. The molecule has 1 rings (SSSR count). The van der Waals surface area contributed by atoms with E-state index in [0.29, 0.717) is 0 Å². The standard InChI is InChI=1S/C7H7Si/c1-6-4-2-3-5-7(6)8/h2-5H,1H3. The molecule has 0 saturated carbocycles. The van der Waals surface area contributed by atoms with Gasteiger partial charge in [0.15, 0.2) is 0 Å². The Morgan fingerprint density at radius 1 is 1.25 bits per heavy atom. The predicted molar refractivity (Wildman–Crippen MR) is 36.6 cm³/mol. The highest BCUT2D eigenvalue weighted by atomic mass is 28.1. The van der Waals surface area contributed by atoms with Gasteiger partial charge in [-0.1, -0.05) is 35.0 Å². The summed E-state index contributed by atoms with van der Waals surface area (Å²) >= 11 is 0. The van der Waals surface area contributed by atoms with Crippen LogP contribution in [0.2, 0.25) is 0 Å². The smallest absolute Gasteiger partial charge is 0.0645 e. The lowest BCUT2D eigenvalue weighted by atomic mass is 10.2. The van der Waals surface area contributed by atoms with E-state index in [2.05, 4.69) is 23.2 Å². The molecule has 0 aliphatic heterocycles. The Bertz CT molecular complexity index is 160. The highest BCUT2D eigenvalue weighted by Crippen LogP contribution is 1.88. The molecule has 0 N–H and O–H groups in total. The van der Waals surface area contributed by atoms with Gasteiger partial charge in [0, 0.05) is 0 Å². The molecule has 1 aromatic carbocycles. The van der Waals surface area contributed by atoms with Crippen molar-refractivity contribution in [2.75, 3.05) is 0 Å². The van der Waals surface area contributed by atoms with Gasteiger partial charge in [-0.2, -0.15) is 0 Å². The summed E-state index contributed by atoms with van der Waals surface area (Å²) in [6.07, 6.45) is 0. The third kappa shape index (κ3) is 0.983. The molecule has 0 spiro atoms. The third-order valence-electron chi connectivity index (χ3n) is 1.15. The van der Waals surface area contributed by atoms with Crippen molar-refractivity contribution in [3.63, 3.8) is 0 Å². The zero-order chi connectivity index (χ0) is 5.98. The van der Waals surface area contributed by atoms with E-state index >= 15 is 0 Å². The Balaban J connectivity index is 3.13. The van der Waals surface area contributed by atoms with Crippen molar-refractivity contribution in [3.05, 3.63) is 29.8 Å². The first-order chi connectivity index (χ1) is 3.80. The molecule has 1 heteroatoms. The highest BCUT2D eigenvalue weighted by molar-refractivity contribution is 6.33. The number of aryl methyl sites for hydroxylation is 1. The van der Waals surface area contributed by atoms with Gasteiger partial charge < -0.3 is 0 Å². The van der Waals surface area contributed by atoms with Crippen molar-refractivity contribution < 1.29 is 0 Å². The van der Waals surface area contributed by atoms with E-state index in [9.17, 15) is 0 Å². The van der Waals surface area contributed by atoms with E-state index < -0.39 is 0 Å². The lowest BCUT2D eigenvalue weighted by molar-refractivity contribution is 1.52. The molecule has 0 aliphatic carbocycles. The molecule has 3 radical (unpaired) electrons. The van der Waals surface area contributed by atoms with Gasteiger partial charge in [-0.25, -0.2) is 0 Å². The van der Waals surface area contributed by atoms with Gasteiger partial charge in [-0.15, -0.1) is 0 Å². The molecule has 0 aliphatic rings. The summed E-state index contributed by atoms with van der Waals surface area (Å²) in [6.45, 7) is 2.07. The molecular formula is C7H7Si. The molecule has 8 heavy (non-hydrogen) atoms. The van der Waals surface area contributed by atoms with Gasteiger partial charge >= 0.3 is 0 Å². The van der Waals surface area contributed by atoms with Crippen molar-refractivity contribution in [1.82, 2.24) is 0 Å². The second-order valence-corrected chi connectivity index (χ2v) is 2.35. The summed E-state index contributed by atoms with van der Waals surface area (Å²) < 4.78 is 0. The van der Waals surface area contributed by atoms with Gasteiger partial charge in [0.2, 0.25) is 0 Å². The van der Waals surface area contributed by atoms with Crippen molar-refractivity contribution in [2.45, 2.75) is 6.92 Å². The fourth-order valence-corrected chi connectivity index (χ4v) is 0.752. The molecule has 0 unspecified atom stereocenters. The maximum absolute atomic E-state index is 3.44. The van der Waals surface area contributed by atoms with Crippen molar-refractivity contribution in [1.29, 1.82) is 0 Å². The molecule has 0 aromatic heterocycles. The van der Waals surface area contributed by atoms with E-state index in [4.69, 9.17) is 0 Å². The monoisotopic (exact) mass is 119 g/mol. The molecule has 39 valence electrons. The molecular weight excluding hydrogens is 112 g/mol. The van der Waals surface area contributed by atoms with E-state index in [-0.39, 0.29) is 0 Å². The molecule has 0 bridgehead atoms. The van der Waals surface area contributed by atoms with Crippen LogP contribution < -0.4 is 5.19 Å². The predicted octanol–water partition coefficient (Wildman–Crippen LogP) is 0.789. The lowest BCUT2D eigenvalue weighted by Gasteiger charge is -1.93. The van der Waals surface area contributed by atoms with Gasteiger partial charge in [0.05, 0.1) is 10.2 Å². The fourth-order valence-electron chi connectivity index (χ4n) is 0.573. The van der Waals surface area contributed by atoms with Gasteiger partial charge in [0.1, 0.15) is 0 Å². The number of hydrogen-bond acceptors (Lipinski definition) is 0. The summed E-state index contributed by atoms with van der Waals surface area (Å²) in [5.74, 6) is 0. The zero-order valence-electron chi connectivity index (χ0n) is 4.81. The Hall–Kier alpha value is -0.563. The molecule has 0 saturated heterocycles. The topological polar surface area (TPSA) is 0 Å². The summed E-state index contributed by atoms with van der Waals surface area (Å²) in [5.41, 5.74) is 1.28. The Kier molecular flexibility index (Phi) is 1.49. The molecule has 0 nitrogen and oxygen atoms in total. The van der Waals surface area contributed by atoms with Gasteiger partial charge in [-0.05, 0) is 6.92 Å². The largest absolute Gasteiger partial charge is 0.0715 e. The first kappa shape index (κ1) is 5.57. The fraction of sp³-hybridized carbons (Fsp3) is 0.143. The van der Waals surface area contributed by atoms with Crippen LogP contribution in [-0.2, 0) is 0 Å². The van der Waals surface area contributed by atoms with E-state index in [1.165, 1.54) is 10.8 Å². The summed E-state index contributed by atoms with van der Waals surface area (Å²) in [5, 5.41) is 1.17. The van der Waals surface area contributed by atoms with Gasteiger partial charge in [0.25, 0.3) is 0 Å². The third-order valence-corrected chi connectivity index (χ3v) is 1.71. The van der Waals surface area contributed by atoms with Crippen molar-refractivity contribution in [3.8, 4) is 0 Å². The minimum absolute atomic E-state index is 1.17. The van der Waals surface area contributed by atoms with Crippen LogP contribution in [0.5, 0.6) is 0 Å². The Labute approximate surface area is 53.0 Å². The second-order valence-electron chi connectivity index (χ2n) is 1.81. The van der Waals surface area contributed by atoms with Crippen LogP contribution in [0.1, 0.15) is 5.56 Å². The SMILES string of the molecule is Cc1ccccc1[Si]. The van der Waals surface area contributed by atoms with Crippen LogP contribution >= 0.6 is 0 Å². The van der Waals surface area contributed by atoms with Gasteiger partial charge in [-0.3, -0.25) is 0 Å². The maximum atomic E-state index is 3.44. The van der Waals surface area contributed by atoms with E-state index in [0.717, 1.165) is 0 Å². The Morgan fingerprint density at radius 2 is 1.88 bits per heavy atom. The molecule has 0 heterocycles. The molecule has 0 atom stereocenters. The Morgan fingerprint density at radius 3 is 2.25 bits per heavy atom. The average Bonchev–Trinajstić information content (AvgIpc) is 1.77. The highest BCUT2D eigenvalue weighted by Gasteiger charge is 1.84. The molecule has 0 fully saturated rings. The lowest BCUT2D eigenvalue weighted by Crippen LogP contribution is -2.04. The number of rotatable bonds is 0. The zero-order valence-corrected chi connectivity index (χ0v) is 5.81. The minimum Gasteiger partial charge on any atom is -0.0645 e. The number of hydrogen-bond donors (Lipinski definition) is 0. The van der Waals surface area contributed by atoms with E-state index in [1.807, 2.05) is 18.2 Å². The first-order valence-electron chi connectivity index (χ1n) is 2.58. The molecule has 1 aromatic rings. The van der Waals surface area contributed by atoms with Crippen LogP contribution in [0.4, 0.5) is 0 Å². The molecule has 0 amide bonds. The second kappa shape index (κ2) is 2.14.